The second kappa shape index (κ2) is 8.77. The molecule has 0 radical (unpaired) electrons. The Balaban J connectivity index is 1.57. The number of fused-ring (bicyclic) bond motifs is 1. The van der Waals surface area contributed by atoms with E-state index in [1.807, 2.05) is 77.6 Å². The number of carbonyl (C=O) groups is 1. The highest BCUT2D eigenvalue weighted by Gasteiger charge is 2.18. The topological polar surface area (TPSA) is 87.4 Å². The third-order valence-corrected chi connectivity index (χ3v) is 5.41. The number of benzene rings is 2. The molecule has 158 valence electrons. The van der Waals surface area contributed by atoms with Crippen LogP contribution in [0.5, 0.6) is 0 Å². The fourth-order valence-corrected chi connectivity index (χ4v) is 3.83. The molecule has 6 heteroatoms. The molecule has 0 saturated heterocycles. The van der Waals surface area contributed by atoms with Crippen molar-refractivity contribution in [3.05, 3.63) is 114 Å². The minimum atomic E-state index is -0.331. The lowest BCUT2D eigenvalue weighted by atomic mass is 10.0. The lowest BCUT2D eigenvalue weighted by Gasteiger charge is -2.01. The summed E-state index contributed by atoms with van der Waals surface area (Å²) in [6.45, 7) is 0.570. The molecule has 0 aliphatic rings. The number of allylic oxidation sites excluding steroid dienone is 1. The van der Waals surface area contributed by atoms with Crippen LogP contribution in [0, 0.1) is 11.3 Å². The van der Waals surface area contributed by atoms with E-state index in [0.29, 0.717) is 23.4 Å². The van der Waals surface area contributed by atoms with Gasteiger partial charge < -0.3 is 4.98 Å². The maximum atomic E-state index is 13.3. The molecule has 1 N–H and O–H groups in total. The van der Waals surface area contributed by atoms with Gasteiger partial charge in [0, 0.05) is 52.4 Å². The summed E-state index contributed by atoms with van der Waals surface area (Å²) in [5.74, 6) is -0.331. The van der Waals surface area contributed by atoms with Crippen LogP contribution in [0.2, 0.25) is 0 Å². The molecule has 0 atom stereocenters. The second-order valence-electron chi connectivity index (χ2n) is 7.60. The monoisotopic (exact) mass is 429 g/mol. The first-order chi connectivity index (χ1) is 16.2. The van der Waals surface area contributed by atoms with E-state index in [9.17, 15) is 10.1 Å². The van der Waals surface area contributed by atoms with Crippen molar-refractivity contribution >= 4 is 22.8 Å². The molecule has 0 aliphatic carbocycles. The van der Waals surface area contributed by atoms with E-state index >= 15 is 0 Å². The molecule has 33 heavy (non-hydrogen) atoms. The maximum absolute atomic E-state index is 13.3. The average molecular weight is 429 g/mol. The molecule has 3 aromatic heterocycles. The zero-order valence-electron chi connectivity index (χ0n) is 17.6. The Labute approximate surface area is 190 Å². The number of hydrogen-bond acceptors (Lipinski definition) is 4. The third kappa shape index (κ3) is 4.08. The van der Waals surface area contributed by atoms with Crippen molar-refractivity contribution < 1.29 is 4.79 Å². The summed E-state index contributed by atoms with van der Waals surface area (Å²) in [7, 11) is 0. The third-order valence-electron chi connectivity index (χ3n) is 5.41. The Morgan fingerprint density at radius 1 is 1.06 bits per heavy atom. The highest BCUT2D eigenvalue weighted by molar-refractivity contribution is 6.20. The van der Waals surface area contributed by atoms with Gasteiger partial charge in [0.25, 0.3) is 0 Å². The second-order valence-corrected chi connectivity index (χ2v) is 7.60. The minimum Gasteiger partial charge on any atom is -0.360 e. The van der Waals surface area contributed by atoms with E-state index in [0.717, 1.165) is 22.0 Å². The van der Waals surface area contributed by atoms with E-state index in [1.165, 1.54) is 0 Å². The summed E-state index contributed by atoms with van der Waals surface area (Å²) in [4.78, 5) is 20.5. The Bertz CT molecular complexity index is 1500. The molecule has 0 amide bonds. The summed E-state index contributed by atoms with van der Waals surface area (Å²) >= 11 is 0. The molecule has 0 spiro atoms. The standard InChI is InChI=1S/C27H19N5O/c28-14-21(27(33)24-16-30-25-11-5-4-10-23(24)25)13-22-18-32(17-19-7-2-1-3-8-19)31-26(22)20-9-6-12-29-15-20/h1-13,15-16,18,30H,17H2/b21-13+. The highest BCUT2D eigenvalue weighted by atomic mass is 16.1. The summed E-state index contributed by atoms with van der Waals surface area (Å²) in [6.07, 6.45) is 8.54. The van der Waals surface area contributed by atoms with Crippen LogP contribution in [0.3, 0.4) is 0 Å². The molecule has 3 heterocycles. The first kappa shape index (κ1) is 20.2. The van der Waals surface area contributed by atoms with Gasteiger partial charge in [-0.25, -0.2) is 0 Å². The van der Waals surface area contributed by atoms with Gasteiger partial charge in [-0.3, -0.25) is 14.5 Å². The van der Waals surface area contributed by atoms with Crippen molar-refractivity contribution in [3.8, 4) is 17.3 Å². The Morgan fingerprint density at radius 3 is 2.67 bits per heavy atom. The number of aromatic amines is 1. The number of nitriles is 1. The number of rotatable bonds is 6. The van der Waals surface area contributed by atoms with Crippen LogP contribution in [0.1, 0.15) is 21.5 Å². The lowest BCUT2D eigenvalue weighted by Crippen LogP contribution is -2.01. The Morgan fingerprint density at radius 2 is 1.88 bits per heavy atom. The quantitative estimate of drug-likeness (QED) is 0.226. The van der Waals surface area contributed by atoms with Gasteiger partial charge in [0.05, 0.1) is 6.54 Å². The molecule has 6 nitrogen and oxygen atoms in total. The van der Waals surface area contributed by atoms with Crippen LogP contribution in [0.4, 0.5) is 0 Å². The van der Waals surface area contributed by atoms with Gasteiger partial charge in [0.15, 0.2) is 0 Å². The molecule has 5 rings (SSSR count). The van der Waals surface area contributed by atoms with Gasteiger partial charge in [-0.15, -0.1) is 0 Å². The number of pyridine rings is 1. The number of Topliss-reactive ketones (excluding diaryl/α,β-unsaturated/α-hetero) is 1. The summed E-state index contributed by atoms with van der Waals surface area (Å²) in [6, 6.07) is 23.4. The van der Waals surface area contributed by atoms with Gasteiger partial charge in [0.2, 0.25) is 5.78 Å². The van der Waals surface area contributed by atoms with Crippen molar-refractivity contribution in [3.63, 3.8) is 0 Å². The number of aromatic nitrogens is 4. The maximum Gasteiger partial charge on any atom is 0.205 e. The largest absolute Gasteiger partial charge is 0.360 e. The smallest absolute Gasteiger partial charge is 0.205 e. The van der Waals surface area contributed by atoms with Crippen molar-refractivity contribution in [2.24, 2.45) is 0 Å². The van der Waals surface area contributed by atoms with Crippen molar-refractivity contribution in [1.29, 1.82) is 5.26 Å². The predicted molar refractivity (Wildman–Crippen MR) is 127 cm³/mol. The van der Waals surface area contributed by atoms with E-state index in [1.54, 1.807) is 24.7 Å². The van der Waals surface area contributed by atoms with Crippen LogP contribution in [0.15, 0.2) is 97.1 Å². The molecular weight excluding hydrogens is 410 g/mol. The van der Waals surface area contributed by atoms with Gasteiger partial charge >= 0.3 is 0 Å². The van der Waals surface area contributed by atoms with Gasteiger partial charge in [-0.1, -0.05) is 48.5 Å². The van der Waals surface area contributed by atoms with E-state index in [4.69, 9.17) is 5.10 Å². The van der Waals surface area contributed by atoms with E-state index in [2.05, 4.69) is 16.0 Å². The van der Waals surface area contributed by atoms with Crippen LogP contribution in [-0.4, -0.2) is 25.5 Å². The molecule has 0 unspecified atom stereocenters. The number of carbonyl (C=O) groups excluding carboxylic acids is 1. The molecular formula is C27H19N5O. The predicted octanol–water partition coefficient (Wildman–Crippen LogP) is 5.26. The van der Waals surface area contributed by atoms with Gasteiger partial charge in [-0.05, 0) is 29.8 Å². The number of ketones is 1. The SMILES string of the molecule is N#C/C(=C\c1cn(Cc2ccccc2)nc1-c1cccnc1)C(=O)c1c[nH]c2ccccc12. The number of H-pyrrole nitrogens is 1. The lowest BCUT2D eigenvalue weighted by molar-refractivity contribution is 0.104. The van der Waals surface area contributed by atoms with Crippen molar-refractivity contribution in [1.82, 2.24) is 19.7 Å². The number of hydrogen-bond donors (Lipinski definition) is 1. The van der Waals surface area contributed by atoms with Gasteiger partial charge in [-0.2, -0.15) is 10.4 Å². The van der Waals surface area contributed by atoms with E-state index in [-0.39, 0.29) is 11.4 Å². The van der Waals surface area contributed by atoms with Crippen LogP contribution >= 0.6 is 0 Å². The van der Waals surface area contributed by atoms with E-state index < -0.39 is 0 Å². The van der Waals surface area contributed by atoms with Gasteiger partial charge in [0.1, 0.15) is 17.3 Å². The van der Waals surface area contributed by atoms with Crippen molar-refractivity contribution in [2.75, 3.05) is 0 Å². The fourth-order valence-electron chi connectivity index (χ4n) is 3.83. The highest BCUT2D eigenvalue weighted by Crippen LogP contribution is 2.26. The zero-order valence-corrected chi connectivity index (χ0v) is 17.6. The normalized spacial score (nSPS) is 11.4. The molecule has 5 aromatic rings. The Hall–Kier alpha value is -4.76. The number of nitrogens with one attached hydrogen (secondary N) is 1. The zero-order chi connectivity index (χ0) is 22.6. The Kier molecular flexibility index (Phi) is 5.36. The molecule has 0 saturated carbocycles. The summed E-state index contributed by atoms with van der Waals surface area (Å²) in [5.41, 5.74) is 4.63. The van der Waals surface area contributed by atoms with Crippen LogP contribution < -0.4 is 0 Å². The average Bonchev–Trinajstić information content (AvgIpc) is 3.47. The molecule has 0 aliphatic heterocycles. The number of nitrogens with zero attached hydrogens (tertiary/aromatic N) is 4. The minimum absolute atomic E-state index is 0.0455. The van der Waals surface area contributed by atoms with Crippen LogP contribution in [-0.2, 0) is 6.54 Å². The molecule has 0 fully saturated rings. The first-order valence-electron chi connectivity index (χ1n) is 10.5. The summed E-state index contributed by atoms with van der Waals surface area (Å²) < 4.78 is 1.81. The first-order valence-corrected chi connectivity index (χ1v) is 10.5. The molecule has 0 bridgehead atoms. The van der Waals surface area contributed by atoms with Crippen molar-refractivity contribution in [2.45, 2.75) is 6.54 Å². The number of para-hydroxylation sites is 1. The molecule has 2 aromatic carbocycles. The fraction of sp³-hybridized carbons (Fsp3) is 0.0370. The van der Waals surface area contributed by atoms with Crippen LogP contribution in [0.25, 0.3) is 28.2 Å². The summed E-state index contributed by atoms with van der Waals surface area (Å²) in [5, 5.41) is 15.4.